The maximum atomic E-state index is 10.3. The highest BCUT2D eigenvalue weighted by Crippen LogP contribution is 2.71. The second kappa shape index (κ2) is 6.70. The van der Waals surface area contributed by atoms with E-state index in [1.165, 1.54) is 44.9 Å². The zero-order chi connectivity index (χ0) is 20.9. The van der Waals surface area contributed by atoms with Crippen LogP contribution >= 0.6 is 0 Å². The van der Waals surface area contributed by atoms with Crippen molar-refractivity contribution in [2.24, 2.45) is 52.3 Å². The molecule has 0 amide bonds. The smallest absolute Gasteiger partial charge is 0.171 e. The fourth-order valence-corrected chi connectivity index (χ4v) is 10.3. The van der Waals surface area contributed by atoms with E-state index in [1.807, 2.05) is 0 Å². The van der Waals surface area contributed by atoms with E-state index in [4.69, 9.17) is 9.47 Å². The van der Waals surface area contributed by atoms with Gasteiger partial charge in [-0.1, -0.05) is 27.7 Å². The van der Waals surface area contributed by atoms with Crippen molar-refractivity contribution < 1.29 is 14.6 Å². The second-order valence-corrected chi connectivity index (χ2v) is 13.1. The van der Waals surface area contributed by atoms with Gasteiger partial charge in [0.1, 0.15) is 0 Å². The average molecular weight is 417 g/mol. The molecule has 4 saturated carbocycles. The minimum atomic E-state index is -0.282. The lowest BCUT2D eigenvalue weighted by atomic mass is 9.44. The molecule has 0 aromatic carbocycles. The summed E-state index contributed by atoms with van der Waals surface area (Å²) in [6.07, 6.45) is 12.9. The molecule has 12 atom stereocenters. The van der Waals surface area contributed by atoms with Gasteiger partial charge in [0.05, 0.1) is 18.8 Å². The Balaban J connectivity index is 1.26. The Morgan fingerprint density at radius 3 is 2.40 bits per heavy atom. The fraction of sp³-hybridized carbons (Fsp3) is 1.00. The lowest BCUT2D eigenvalue weighted by molar-refractivity contribution is -0.273. The average Bonchev–Trinajstić information content (AvgIpc) is 3.16. The molecule has 30 heavy (non-hydrogen) atoms. The molecule has 0 radical (unpaired) electrons. The van der Waals surface area contributed by atoms with E-state index < -0.39 is 0 Å². The number of rotatable bonds is 0. The minimum Gasteiger partial charge on any atom is -0.393 e. The van der Waals surface area contributed by atoms with Gasteiger partial charge in [0.2, 0.25) is 0 Å². The first-order chi connectivity index (χ1) is 14.3. The van der Waals surface area contributed by atoms with Gasteiger partial charge in [0.25, 0.3) is 0 Å². The molecular formula is C27H44O3. The van der Waals surface area contributed by atoms with Crippen molar-refractivity contribution in [2.45, 2.75) is 110 Å². The summed E-state index contributed by atoms with van der Waals surface area (Å²) in [6, 6.07) is 0. The third-order valence-electron chi connectivity index (χ3n) is 11.9. The molecule has 6 fully saturated rings. The van der Waals surface area contributed by atoms with E-state index >= 15 is 0 Å². The monoisotopic (exact) mass is 416 g/mol. The standard InChI is InChI=1S/C27H44O3/c1-16-7-12-27(29-15-16)17(2)24-23(30-27)14-22-20-6-5-18-13-19(28)8-10-25(18,3)21(20)9-11-26(22,24)4/h16-24,28H,5-15H2,1-4H3/t16-,17+,18-,19-,20-,21+,22+,23+,24+,25-,26-,27+/m0/s1. The van der Waals surface area contributed by atoms with Crippen LogP contribution in [0.15, 0.2) is 0 Å². The third kappa shape index (κ3) is 2.61. The van der Waals surface area contributed by atoms with Crippen molar-refractivity contribution in [3.8, 4) is 0 Å². The summed E-state index contributed by atoms with van der Waals surface area (Å²) in [5.41, 5.74) is 0.899. The van der Waals surface area contributed by atoms with Gasteiger partial charge in [-0.3, -0.25) is 0 Å². The maximum absolute atomic E-state index is 10.3. The van der Waals surface area contributed by atoms with Crippen LogP contribution in [0.4, 0.5) is 0 Å². The summed E-state index contributed by atoms with van der Waals surface area (Å²) >= 11 is 0. The third-order valence-corrected chi connectivity index (χ3v) is 11.9. The summed E-state index contributed by atoms with van der Waals surface area (Å²) < 4.78 is 13.4. The summed E-state index contributed by atoms with van der Waals surface area (Å²) in [5, 5.41) is 10.3. The first kappa shape index (κ1) is 20.5. The largest absolute Gasteiger partial charge is 0.393 e. The van der Waals surface area contributed by atoms with E-state index in [0.717, 1.165) is 49.5 Å². The molecule has 2 aliphatic heterocycles. The van der Waals surface area contributed by atoms with Crippen LogP contribution in [-0.2, 0) is 9.47 Å². The topological polar surface area (TPSA) is 38.7 Å². The summed E-state index contributed by atoms with van der Waals surface area (Å²) in [5.74, 6) is 4.93. The van der Waals surface area contributed by atoms with Crippen molar-refractivity contribution in [1.29, 1.82) is 0 Å². The second-order valence-electron chi connectivity index (χ2n) is 13.1. The van der Waals surface area contributed by atoms with Crippen LogP contribution in [0.2, 0.25) is 0 Å². The molecule has 2 saturated heterocycles. The number of aliphatic hydroxyl groups excluding tert-OH is 1. The van der Waals surface area contributed by atoms with E-state index in [0.29, 0.717) is 34.7 Å². The van der Waals surface area contributed by atoms with Gasteiger partial charge in [-0.15, -0.1) is 0 Å². The van der Waals surface area contributed by atoms with Gasteiger partial charge in [-0.25, -0.2) is 0 Å². The lowest BCUT2D eigenvalue weighted by Crippen LogP contribution is -2.55. The minimum absolute atomic E-state index is 0.0389. The van der Waals surface area contributed by atoms with Crippen molar-refractivity contribution >= 4 is 0 Å². The molecule has 6 aliphatic rings. The molecule has 4 aliphatic carbocycles. The maximum Gasteiger partial charge on any atom is 0.171 e. The summed E-state index contributed by atoms with van der Waals surface area (Å²) in [6.45, 7) is 10.9. The molecule has 170 valence electrons. The molecular weight excluding hydrogens is 372 g/mol. The molecule has 0 bridgehead atoms. The van der Waals surface area contributed by atoms with Crippen molar-refractivity contribution in [3.05, 3.63) is 0 Å². The van der Waals surface area contributed by atoms with Gasteiger partial charge in [0, 0.05) is 12.3 Å². The first-order valence-corrected chi connectivity index (χ1v) is 13.3. The van der Waals surface area contributed by atoms with Crippen LogP contribution in [0.3, 0.4) is 0 Å². The summed E-state index contributed by atoms with van der Waals surface area (Å²) in [7, 11) is 0. The molecule has 3 heteroatoms. The Kier molecular flexibility index (Phi) is 4.58. The highest BCUT2D eigenvalue weighted by Gasteiger charge is 2.69. The fourth-order valence-electron chi connectivity index (χ4n) is 10.3. The van der Waals surface area contributed by atoms with Crippen molar-refractivity contribution in [2.75, 3.05) is 6.61 Å². The number of aliphatic hydroxyl groups is 1. The predicted molar refractivity (Wildman–Crippen MR) is 118 cm³/mol. The van der Waals surface area contributed by atoms with Crippen LogP contribution in [0.5, 0.6) is 0 Å². The van der Waals surface area contributed by atoms with Crippen molar-refractivity contribution in [1.82, 2.24) is 0 Å². The first-order valence-electron chi connectivity index (χ1n) is 13.3. The highest BCUT2D eigenvalue weighted by molar-refractivity contribution is 5.15. The van der Waals surface area contributed by atoms with Gasteiger partial charge in [0.15, 0.2) is 5.79 Å². The van der Waals surface area contributed by atoms with E-state index in [2.05, 4.69) is 27.7 Å². The number of fused-ring (bicyclic) bond motifs is 7. The van der Waals surface area contributed by atoms with Crippen molar-refractivity contribution in [3.63, 3.8) is 0 Å². The molecule has 0 aromatic rings. The van der Waals surface area contributed by atoms with E-state index in [1.54, 1.807) is 0 Å². The van der Waals surface area contributed by atoms with E-state index in [9.17, 15) is 5.11 Å². The predicted octanol–water partition coefficient (Wildman–Crippen LogP) is 5.79. The van der Waals surface area contributed by atoms with Crippen LogP contribution in [-0.4, -0.2) is 29.7 Å². The molecule has 1 N–H and O–H groups in total. The Hall–Kier alpha value is -0.120. The van der Waals surface area contributed by atoms with Crippen LogP contribution in [0, 0.1) is 52.3 Å². The Labute approximate surface area is 183 Å². The Morgan fingerprint density at radius 1 is 0.833 bits per heavy atom. The number of hydrogen-bond acceptors (Lipinski definition) is 3. The number of ether oxygens (including phenoxy) is 2. The SMILES string of the molecule is C[C@H]1CC[C@@]2(OC1)O[C@@H]1C[C@@H]3[C@H]4CC[C@H]5C[C@@H](O)CC[C@]5(C)[C@@H]4CC[C@]3(C)[C@@H]1[C@H]2C. The van der Waals surface area contributed by atoms with Gasteiger partial charge in [-0.2, -0.15) is 0 Å². The lowest BCUT2D eigenvalue weighted by Gasteiger charge is -2.61. The quantitative estimate of drug-likeness (QED) is 0.543. The molecule has 0 aromatic heterocycles. The summed E-state index contributed by atoms with van der Waals surface area (Å²) in [4.78, 5) is 0. The Bertz CT molecular complexity index is 684. The van der Waals surface area contributed by atoms with Gasteiger partial charge in [-0.05, 0) is 104 Å². The molecule has 1 spiro atoms. The Morgan fingerprint density at radius 2 is 1.63 bits per heavy atom. The molecule has 3 nitrogen and oxygen atoms in total. The van der Waals surface area contributed by atoms with Gasteiger partial charge >= 0.3 is 0 Å². The van der Waals surface area contributed by atoms with Gasteiger partial charge < -0.3 is 14.6 Å². The van der Waals surface area contributed by atoms with Crippen LogP contribution < -0.4 is 0 Å². The molecule has 0 unspecified atom stereocenters. The normalized spacial score (nSPS) is 62.5. The molecule has 6 rings (SSSR count). The van der Waals surface area contributed by atoms with Crippen LogP contribution in [0.25, 0.3) is 0 Å². The molecule has 2 heterocycles. The van der Waals surface area contributed by atoms with E-state index in [-0.39, 0.29) is 11.9 Å². The zero-order valence-electron chi connectivity index (χ0n) is 19.7. The number of hydrogen-bond donors (Lipinski definition) is 1. The van der Waals surface area contributed by atoms with Crippen LogP contribution in [0.1, 0.15) is 91.9 Å². The zero-order valence-corrected chi connectivity index (χ0v) is 19.7. The highest BCUT2D eigenvalue weighted by atomic mass is 16.7.